The van der Waals surface area contributed by atoms with Gasteiger partial charge in [0, 0.05) is 41.9 Å². The van der Waals surface area contributed by atoms with Crippen molar-refractivity contribution < 1.29 is 0 Å². The summed E-state index contributed by atoms with van der Waals surface area (Å²) < 4.78 is 4.79. The molecule has 0 aliphatic rings. The Bertz CT molecular complexity index is 2060. The molecule has 168 valence electrons. The van der Waals surface area contributed by atoms with Gasteiger partial charge in [-0.25, -0.2) is 9.97 Å². The topological polar surface area (TPSA) is 30.7 Å². The molecule has 0 radical (unpaired) electrons. The standard InChI is InChI=1S/C32H19N3S/c1-5-13-26-24(12-1)31(20-17-18-30-25(19-20)23-11-4-8-16-29(23)36-30)34-32(33-26)35-27-14-6-2-9-21(27)22-10-3-7-15-28(22)35/h1-19H. The Hall–Kier alpha value is -4.54. The second kappa shape index (κ2) is 7.48. The maximum Gasteiger partial charge on any atom is 0.235 e. The predicted octanol–water partition coefficient (Wildman–Crippen LogP) is 8.76. The highest BCUT2D eigenvalue weighted by Crippen LogP contribution is 2.38. The average molecular weight is 478 g/mol. The second-order valence-electron chi connectivity index (χ2n) is 9.07. The van der Waals surface area contributed by atoms with E-state index in [0.29, 0.717) is 5.95 Å². The molecule has 0 unspecified atom stereocenters. The minimum Gasteiger partial charge on any atom is -0.278 e. The number of rotatable bonds is 2. The largest absolute Gasteiger partial charge is 0.278 e. The minimum absolute atomic E-state index is 0.691. The van der Waals surface area contributed by atoms with Gasteiger partial charge < -0.3 is 0 Å². The van der Waals surface area contributed by atoms with E-state index in [1.54, 1.807) is 0 Å². The summed E-state index contributed by atoms with van der Waals surface area (Å²) in [5, 5.41) is 6.03. The van der Waals surface area contributed by atoms with Crippen LogP contribution in [0, 0.1) is 0 Å². The summed E-state index contributed by atoms with van der Waals surface area (Å²) in [6.45, 7) is 0. The van der Waals surface area contributed by atoms with E-state index < -0.39 is 0 Å². The first-order chi connectivity index (χ1) is 17.8. The fraction of sp³-hybridized carbons (Fsp3) is 0. The maximum absolute atomic E-state index is 5.24. The molecule has 3 nitrogen and oxygen atoms in total. The third kappa shape index (κ3) is 2.79. The molecule has 0 N–H and O–H groups in total. The van der Waals surface area contributed by atoms with Crippen molar-refractivity contribution in [2.24, 2.45) is 0 Å². The quantitative estimate of drug-likeness (QED) is 0.249. The van der Waals surface area contributed by atoms with Crippen LogP contribution in [-0.4, -0.2) is 14.5 Å². The van der Waals surface area contributed by atoms with Gasteiger partial charge >= 0.3 is 0 Å². The van der Waals surface area contributed by atoms with Crippen molar-refractivity contribution in [1.29, 1.82) is 0 Å². The van der Waals surface area contributed by atoms with Gasteiger partial charge in [-0.15, -0.1) is 11.3 Å². The molecule has 36 heavy (non-hydrogen) atoms. The van der Waals surface area contributed by atoms with Crippen LogP contribution in [0.1, 0.15) is 0 Å². The molecule has 4 heteroatoms. The Morgan fingerprint density at radius 1 is 0.500 bits per heavy atom. The summed E-state index contributed by atoms with van der Waals surface area (Å²) in [7, 11) is 0. The van der Waals surface area contributed by atoms with Crippen molar-refractivity contribution in [3.63, 3.8) is 0 Å². The highest BCUT2D eigenvalue weighted by Gasteiger charge is 2.17. The molecule has 0 bridgehead atoms. The van der Waals surface area contributed by atoms with Gasteiger partial charge in [0.2, 0.25) is 5.95 Å². The molecule has 8 aromatic rings. The van der Waals surface area contributed by atoms with Gasteiger partial charge in [-0.05, 0) is 36.4 Å². The highest BCUT2D eigenvalue weighted by atomic mass is 32.1. The van der Waals surface area contributed by atoms with Crippen molar-refractivity contribution in [3.8, 4) is 17.2 Å². The van der Waals surface area contributed by atoms with Crippen molar-refractivity contribution in [3.05, 3.63) is 115 Å². The monoisotopic (exact) mass is 477 g/mol. The first-order valence-corrected chi connectivity index (χ1v) is 12.8. The van der Waals surface area contributed by atoms with Gasteiger partial charge in [-0.2, -0.15) is 0 Å². The van der Waals surface area contributed by atoms with E-state index in [1.807, 2.05) is 17.4 Å². The number of thiophene rings is 1. The first-order valence-electron chi connectivity index (χ1n) is 12.0. The Morgan fingerprint density at radius 2 is 1.11 bits per heavy atom. The van der Waals surface area contributed by atoms with E-state index in [9.17, 15) is 0 Å². The first kappa shape index (κ1) is 19.7. The molecule has 0 aliphatic carbocycles. The van der Waals surface area contributed by atoms with E-state index in [4.69, 9.17) is 9.97 Å². The van der Waals surface area contributed by atoms with Crippen LogP contribution in [0.4, 0.5) is 0 Å². The summed E-state index contributed by atoms with van der Waals surface area (Å²) in [5.74, 6) is 0.691. The molecule has 0 atom stereocenters. The Morgan fingerprint density at radius 3 is 1.89 bits per heavy atom. The lowest BCUT2D eigenvalue weighted by Crippen LogP contribution is -2.03. The SMILES string of the molecule is c1ccc2c(-c3ccc4sc5ccccc5c4c3)nc(-n3c4ccccc4c4ccccc43)nc2c1. The zero-order chi connectivity index (χ0) is 23.6. The average Bonchev–Trinajstić information content (AvgIpc) is 3.48. The van der Waals surface area contributed by atoms with Crippen LogP contribution in [0.15, 0.2) is 115 Å². The van der Waals surface area contributed by atoms with Gasteiger partial charge in [0.05, 0.1) is 22.2 Å². The zero-order valence-corrected chi connectivity index (χ0v) is 20.0. The number of para-hydroxylation sites is 3. The van der Waals surface area contributed by atoms with Crippen LogP contribution < -0.4 is 0 Å². The van der Waals surface area contributed by atoms with E-state index in [2.05, 4.69) is 114 Å². The van der Waals surface area contributed by atoms with Crippen LogP contribution in [0.3, 0.4) is 0 Å². The van der Waals surface area contributed by atoms with Crippen LogP contribution in [0.5, 0.6) is 0 Å². The lowest BCUT2D eigenvalue weighted by molar-refractivity contribution is 1.01. The molecule has 0 saturated carbocycles. The van der Waals surface area contributed by atoms with Crippen LogP contribution in [0.25, 0.3) is 70.1 Å². The lowest BCUT2D eigenvalue weighted by Gasteiger charge is -2.12. The van der Waals surface area contributed by atoms with Crippen LogP contribution >= 0.6 is 11.3 Å². The van der Waals surface area contributed by atoms with E-state index in [0.717, 1.165) is 33.2 Å². The molecule has 3 heterocycles. The molecule has 0 spiro atoms. The third-order valence-electron chi connectivity index (χ3n) is 7.02. The number of fused-ring (bicyclic) bond motifs is 7. The Labute approximate surface area is 210 Å². The zero-order valence-electron chi connectivity index (χ0n) is 19.2. The fourth-order valence-electron chi connectivity index (χ4n) is 5.40. The van der Waals surface area contributed by atoms with Gasteiger partial charge in [0.1, 0.15) is 0 Å². The molecule has 0 saturated heterocycles. The van der Waals surface area contributed by atoms with E-state index in [-0.39, 0.29) is 0 Å². The molecule has 0 amide bonds. The Balaban J connectivity index is 1.46. The molecule has 0 fully saturated rings. The smallest absolute Gasteiger partial charge is 0.235 e. The molecule has 3 aromatic heterocycles. The summed E-state index contributed by atoms with van der Waals surface area (Å²) >= 11 is 1.84. The number of nitrogens with zero attached hydrogens (tertiary/aromatic N) is 3. The highest BCUT2D eigenvalue weighted by molar-refractivity contribution is 7.25. The number of benzene rings is 5. The molecule has 8 rings (SSSR count). The molecular weight excluding hydrogens is 458 g/mol. The maximum atomic E-state index is 5.24. The number of aromatic nitrogens is 3. The van der Waals surface area contributed by atoms with Crippen molar-refractivity contribution in [2.75, 3.05) is 0 Å². The van der Waals surface area contributed by atoms with Crippen LogP contribution in [-0.2, 0) is 0 Å². The van der Waals surface area contributed by atoms with Gasteiger partial charge in [0.25, 0.3) is 0 Å². The fourth-order valence-corrected chi connectivity index (χ4v) is 6.48. The lowest BCUT2D eigenvalue weighted by atomic mass is 10.0. The predicted molar refractivity (Wildman–Crippen MR) is 152 cm³/mol. The summed E-state index contributed by atoms with van der Waals surface area (Å²) in [6.07, 6.45) is 0. The van der Waals surface area contributed by atoms with Gasteiger partial charge in [-0.3, -0.25) is 4.57 Å². The number of hydrogen-bond acceptors (Lipinski definition) is 3. The van der Waals surface area contributed by atoms with Crippen molar-refractivity contribution in [1.82, 2.24) is 14.5 Å². The molecule has 0 aliphatic heterocycles. The summed E-state index contributed by atoms with van der Waals surface area (Å²) in [5.41, 5.74) is 5.22. The number of hydrogen-bond donors (Lipinski definition) is 0. The van der Waals surface area contributed by atoms with Crippen LogP contribution in [0.2, 0.25) is 0 Å². The summed E-state index contributed by atoms with van der Waals surface area (Å²) in [4.78, 5) is 10.3. The van der Waals surface area contributed by atoms with Crippen molar-refractivity contribution >= 4 is 64.2 Å². The second-order valence-corrected chi connectivity index (χ2v) is 10.2. The van der Waals surface area contributed by atoms with Crippen molar-refractivity contribution in [2.45, 2.75) is 0 Å². The van der Waals surface area contributed by atoms with E-state index in [1.165, 1.54) is 30.9 Å². The van der Waals surface area contributed by atoms with Gasteiger partial charge in [-0.1, -0.05) is 78.9 Å². The van der Waals surface area contributed by atoms with Gasteiger partial charge in [0.15, 0.2) is 0 Å². The molecule has 5 aromatic carbocycles. The molecular formula is C32H19N3S. The third-order valence-corrected chi connectivity index (χ3v) is 8.17. The Kier molecular flexibility index (Phi) is 4.10. The van der Waals surface area contributed by atoms with E-state index >= 15 is 0 Å². The normalized spacial score (nSPS) is 11.9. The summed E-state index contributed by atoms with van der Waals surface area (Å²) in [6, 6.07) is 40.6. The minimum atomic E-state index is 0.691.